The van der Waals surface area contributed by atoms with E-state index in [2.05, 4.69) is 10.2 Å². The maximum absolute atomic E-state index is 12.7. The number of nitrogens with zero attached hydrogens (tertiary/aromatic N) is 3. The van der Waals surface area contributed by atoms with Gasteiger partial charge >= 0.3 is 5.69 Å². The number of hydrogen-bond acceptors (Lipinski definition) is 4. The molecule has 0 aliphatic carbocycles. The molecule has 1 unspecified atom stereocenters. The van der Waals surface area contributed by atoms with Crippen LogP contribution in [0.5, 0.6) is 0 Å². The van der Waals surface area contributed by atoms with E-state index in [0.717, 1.165) is 29.8 Å². The zero-order chi connectivity index (χ0) is 17.6. The molecule has 2 aliphatic heterocycles. The zero-order valence-electron chi connectivity index (χ0n) is 14.3. The van der Waals surface area contributed by atoms with Crippen LogP contribution < -0.4 is 15.9 Å². The first-order valence-electron chi connectivity index (χ1n) is 8.86. The second kappa shape index (κ2) is 6.06. The SMILES string of the molecule is Cn1c(=O)n(C2CCC(=O)NC2=O)c2ccc(N3CCCCC3)cc21. The number of hydrogen-bond donors (Lipinski definition) is 1. The Kier molecular flexibility index (Phi) is 3.86. The number of rotatable bonds is 2. The molecule has 1 aromatic heterocycles. The average Bonchev–Trinajstić information content (AvgIpc) is 2.87. The van der Waals surface area contributed by atoms with Gasteiger partial charge in [-0.1, -0.05) is 0 Å². The van der Waals surface area contributed by atoms with Gasteiger partial charge in [0.05, 0.1) is 11.0 Å². The maximum atomic E-state index is 12.7. The molecule has 25 heavy (non-hydrogen) atoms. The third-order valence-corrected chi connectivity index (χ3v) is 5.32. The molecule has 0 spiro atoms. The third kappa shape index (κ3) is 2.63. The first kappa shape index (κ1) is 15.9. The van der Waals surface area contributed by atoms with Crippen LogP contribution in [0.2, 0.25) is 0 Å². The van der Waals surface area contributed by atoms with E-state index in [0.29, 0.717) is 6.42 Å². The molecule has 2 aromatic rings. The molecule has 7 nitrogen and oxygen atoms in total. The molecule has 3 heterocycles. The van der Waals surface area contributed by atoms with Crippen LogP contribution in [0.4, 0.5) is 5.69 Å². The van der Waals surface area contributed by atoms with Gasteiger partial charge in [-0.05, 0) is 43.9 Å². The Balaban J connectivity index is 1.78. The smallest absolute Gasteiger partial charge is 0.329 e. The van der Waals surface area contributed by atoms with Crippen LogP contribution in [0.3, 0.4) is 0 Å². The Bertz CT molecular complexity index is 905. The number of imide groups is 1. The number of fused-ring (bicyclic) bond motifs is 1. The first-order valence-corrected chi connectivity index (χ1v) is 8.86. The van der Waals surface area contributed by atoms with Gasteiger partial charge in [0.1, 0.15) is 6.04 Å². The van der Waals surface area contributed by atoms with E-state index in [1.54, 1.807) is 11.6 Å². The highest BCUT2D eigenvalue weighted by Gasteiger charge is 2.31. The molecule has 7 heteroatoms. The summed E-state index contributed by atoms with van der Waals surface area (Å²) >= 11 is 0. The highest BCUT2D eigenvalue weighted by Crippen LogP contribution is 2.27. The van der Waals surface area contributed by atoms with Crippen LogP contribution >= 0.6 is 0 Å². The van der Waals surface area contributed by atoms with E-state index in [9.17, 15) is 14.4 Å². The van der Waals surface area contributed by atoms with Crippen molar-refractivity contribution in [2.75, 3.05) is 18.0 Å². The Morgan fingerprint density at radius 2 is 1.80 bits per heavy atom. The minimum Gasteiger partial charge on any atom is -0.371 e. The summed E-state index contributed by atoms with van der Waals surface area (Å²) in [6, 6.07) is 5.35. The van der Waals surface area contributed by atoms with Crippen molar-refractivity contribution in [3.8, 4) is 0 Å². The highest BCUT2D eigenvalue weighted by atomic mass is 16.2. The summed E-state index contributed by atoms with van der Waals surface area (Å²) in [6.07, 6.45) is 4.26. The van der Waals surface area contributed by atoms with Gasteiger partial charge in [-0.25, -0.2) is 4.79 Å². The number of carbonyl (C=O) groups is 2. The minimum absolute atomic E-state index is 0.222. The van der Waals surface area contributed by atoms with E-state index in [1.165, 1.54) is 23.8 Å². The van der Waals surface area contributed by atoms with Gasteiger partial charge < -0.3 is 4.90 Å². The summed E-state index contributed by atoms with van der Waals surface area (Å²) < 4.78 is 3.11. The number of aryl methyl sites for hydroxylation is 1. The number of amides is 2. The molecule has 2 fully saturated rings. The van der Waals surface area contributed by atoms with Crippen molar-refractivity contribution >= 4 is 28.5 Å². The summed E-state index contributed by atoms with van der Waals surface area (Å²) in [5.74, 6) is -0.673. The molecule has 1 aromatic carbocycles. The fourth-order valence-electron chi connectivity index (χ4n) is 3.93. The van der Waals surface area contributed by atoms with Gasteiger partial charge in [0.2, 0.25) is 11.8 Å². The van der Waals surface area contributed by atoms with Crippen molar-refractivity contribution in [3.63, 3.8) is 0 Å². The first-order chi connectivity index (χ1) is 12.1. The van der Waals surface area contributed by atoms with E-state index in [4.69, 9.17) is 0 Å². The lowest BCUT2D eigenvalue weighted by Gasteiger charge is -2.29. The lowest BCUT2D eigenvalue weighted by atomic mass is 10.1. The number of piperidine rings is 2. The van der Waals surface area contributed by atoms with E-state index >= 15 is 0 Å². The van der Waals surface area contributed by atoms with Crippen molar-refractivity contribution in [2.45, 2.75) is 38.1 Å². The van der Waals surface area contributed by atoms with Crippen LogP contribution in [0, 0.1) is 0 Å². The van der Waals surface area contributed by atoms with Crippen molar-refractivity contribution in [1.82, 2.24) is 14.5 Å². The number of benzene rings is 1. The van der Waals surface area contributed by atoms with Gasteiger partial charge in [-0.15, -0.1) is 0 Å². The second-order valence-electron chi connectivity index (χ2n) is 6.90. The predicted molar refractivity (Wildman–Crippen MR) is 94.7 cm³/mol. The van der Waals surface area contributed by atoms with Crippen molar-refractivity contribution in [1.29, 1.82) is 0 Å². The van der Waals surface area contributed by atoms with Crippen LogP contribution in [-0.4, -0.2) is 34.0 Å². The van der Waals surface area contributed by atoms with Crippen LogP contribution in [0.15, 0.2) is 23.0 Å². The fraction of sp³-hybridized carbons (Fsp3) is 0.500. The van der Waals surface area contributed by atoms with E-state index < -0.39 is 11.9 Å². The Morgan fingerprint density at radius 1 is 1.04 bits per heavy atom. The maximum Gasteiger partial charge on any atom is 0.329 e. The number of carbonyl (C=O) groups excluding carboxylic acids is 2. The van der Waals surface area contributed by atoms with Crippen molar-refractivity contribution in [3.05, 3.63) is 28.7 Å². The van der Waals surface area contributed by atoms with Crippen LogP contribution in [0.1, 0.15) is 38.1 Å². The standard InChI is InChI=1S/C18H22N4O3/c1-20-15-11-12(21-9-3-2-4-10-21)5-6-13(15)22(18(20)25)14-7-8-16(23)19-17(14)24/h5-6,11,14H,2-4,7-10H2,1H3,(H,19,23,24). The number of nitrogens with one attached hydrogen (secondary N) is 1. The zero-order valence-corrected chi connectivity index (χ0v) is 14.3. The van der Waals surface area contributed by atoms with Gasteiger partial charge in [0.25, 0.3) is 0 Å². The Hall–Kier alpha value is -2.57. The van der Waals surface area contributed by atoms with Gasteiger partial charge in [-0.3, -0.25) is 24.0 Å². The second-order valence-corrected chi connectivity index (χ2v) is 6.90. The number of aromatic nitrogens is 2. The molecule has 2 aliphatic rings. The molecule has 4 rings (SSSR count). The molecule has 0 saturated carbocycles. The number of anilines is 1. The topological polar surface area (TPSA) is 76.3 Å². The highest BCUT2D eigenvalue weighted by molar-refractivity contribution is 6.00. The monoisotopic (exact) mass is 342 g/mol. The minimum atomic E-state index is -0.630. The molecule has 0 bridgehead atoms. The van der Waals surface area contributed by atoms with Gasteiger partial charge in [0, 0.05) is 32.2 Å². The summed E-state index contributed by atoms with van der Waals surface area (Å²) in [4.78, 5) is 38.7. The summed E-state index contributed by atoms with van der Waals surface area (Å²) in [6.45, 7) is 2.07. The molecular formula is C18H22N4O3. The molecule has 1 N–H and O–H groups in total. The Labute approximate surface area is 145 Å². The molecular weight excluding hydrogens is 320 g/mol. The summed E-state index contributed by atoms with van der Waals surface area (Å²) in [7, 11) is 1.73. The molecule has 2 saturated heterocycles. The summed E-state index contributed by atoms with van der Waals surface area (Å²) in [5.41, 5.74) is 2.45. The van der Waals surface area contributed by atoms with E-state index in [-0.39, 0.29) is 18.0 Å². The molecule has 1 atom stereocenters. The molecule has 0 radical (unpaired) electrons. The average molecular weight is 342 g/mol. The lowest BCUT2D eigenvalue weighted by Crippen LogP contribution is -2.44. The number of imidazole rings is 1. The quantitative estimate of drug-likeness (QED) is 0.835. The predicted octanol–water partition coefficient (Wildman–Crippen LogP) is 1.31. The molecule has 132 valence electrons. The largest absolute Gasteiger partial charge is 0.371 e. The van der Waals surface area contributed by atoms with Crippen LogP contribution in [-0.2, 0) is 16.6 Å². The third-order valence-electron chi connectivity index (χ3n) is 5.32. The normalized spacial score (nSPS) is 21.6. The Morgan fingerprint density at radius 3 is 2.52 bits per heavy atom. The van der Waals surface area contributed by atoms with Gasteiger partial charge in [0.15, 0.2) is 0 Å². The molecule has 2 amide bonds. The van der Waals surface area contributed by atoms with Crippen molar-refractivity contribution in [2.24, 2.45) is 7.05 Å². The van der Waals surface area contributed by atoms with Gasteiger partial charge in [-0.2, -0.15) is 0 Å². The van der Waals surface area contributed by atoms with Crippen LogP contribution in [0.25, 0.3) is 11.0 Å². The lowest BCUT2D eigenvalue weighted by molar-refractivity contribution is -0.135. The fourth-order valence-corrected chi connectivity index (χ4v) is 3.93. The van der Waals surface area contributed by atoms with E-state index in [1.807, 2.05) is 18.2 Å². The summed E-state index contributed by atoms with van der Waals surface area (Å²) in [5, 5.41) is 2.34. The van der Waals surface area contributed by atoms with Crippen molar-refractivity contribution < 1.29 is 9.59 Å².